The lowest BCUT2D eigenvalue weighted by Gasteiger charge is -2.11. The number of carbonyl (C=O) groups is 1. The van der Waals surface area contributed by atoms with Gasteiger partial charge in [-0.1, -0.05) is 18.2 Å². The highest BCUT2D eigenvalue weighted by Gasteiger charge is 2.04. The summed E-state index contributed by atoms with van der Waals surface area (Å²) < 4.78 is 5.15. The van der Waals surface area contributed by atoms with Crippen LogP contribution in [0.2, 0.25) is 0 Å². The number of hydrogen-bond acceptors (Lipinski definition) is 4. The summed E-state index contributed by atoms with van der Waals surface area (Å²) in [6, 6.07) is 11.5. The number of ether oxygens (including phenoxy) is 1. The summed E-state index contributed by atoms with van der Waals surface area (Å²) in [5.41, 5.74) is 2.13. The standard InChI is InChI=1S/C20H27N5O2/c1-4-21-20(24-14-16-6-8-17(27-3)9-7-16)22-12-11-19(26)25-18-10-5-15(2)13-23-18/h5-10,13H,4,11-12,14H2,1-3H3,(H2,21,22,24)(H,23,25,26). The molecule has 0 bridgehead atoms. The number of carbonyl (C=O) groups excluding carboxylic acids is 1. The van der Waals surface area contributed by atoms with Crippen LogP contribution in [0, 0.1) is 6.92 Å². The maximum atomic E-state index is 12.0. The molecule has 2 rings (SSSR count). The first kappa shape index (κ1) is 20.2. The fourth-order valence-electron chi connectivity index (χ4n) is 2.28. The van der Waals surface area contributed by atoms with Gasteiger partial charge in [0.05, 0.1) is 13.7 Å². The lowest BCUT2D eigenvalue weighted by Crippen LogP contribution is -2.38. The lowest BCUT2D eigenvalue weighted by atomic mass is 10.2. The highest BCUT2D eigenvalue weighted by atomic mass is 16.5. The number of aryl methyl sites for hydroxylation is 1. The molecular weight excluding hydrogens is 342 g/mol. The molecule has 0 unspecified atom stereocenters. The van der Waals surface area contributed by atoms with Crippen molar-refractivity contribution in [1.29, 1.82) is 0 Å². The molecule has 3 N–H and O–H groups in total. The minimum absolute atomic E-state index is 0.0927. The number of rotatable bonds is 8. The van der Waals surface area contributed by atoms with Gasteiger partial charge in [-0.25, -0.2) is 9.98 Å². The number of nitrogens with one attached hydrogen (secondary N) is 3. The summed E-state index contributed by atoms with van der Waals surface area (Å²) in [6.07, 6.45) is 2.05. The van der Waals surface area contributed by atoms with Crippen LogP contribution in [-0.2, 0) is 11.3 Å². The molecule has 0 aliphatic heterocycles. The monoisotopic (exact) mass is 369 g/mol. The van der Waals surface area contributed by atoms with Crippen LogP contribution in [0.3, 0.4) is 0 Å². The van der Waals surface area contributed by atoms with Crippen LogP contribution in [0.4, 0.5) is 5.82 Å². The Hall–Kier alpha value is -3.09. The van der Waals surface area contributed by atoms with E-state index in [0.717, 1.165) is 23.4 Å². The van der Waals surface area contributed by atoms with Crippen LogP contribution in [0.25, 0.3) is 0 Å². The van der Waals surface area contributed by atoms with Gasteiger partial charge in [0, 0.05) is 25.7 Å². The third-order valence-corrected chi connectivity index (χ3v) is 3.75. The number of amides is 1. The van der Waals surface area contributed by atoms with E-state index in [1.807, 2.05) is 44.2 Å². The summed E-state index contributed by atoms with van der Waals surface area (Å²) in [5, 5.41) is 9.13. The van der Waals surface area contributed by atoms with Gasteiger partial charge in [-0.2, -0.15) is 0 Å². The molecule has 0 atom stereocenters. The molecule has 0 spiro atoms. The van der Waals surface area contributed by atoms with E-state index in [0.29, 0.717) is 31.3 Å². The van der Waals surface area contributed by atoms with E-state index < -0.39 is 0 Å². The van der Waals surface area contributed by atoms with Crippen LogP contribution >= 0.6 is 0 Å². The molecule has 1 aromatic heterocycles. The molecule has 0 radical (unpaired) electrons. The second kappa shape index (κ2) is 10.8. The molecule has 2 aromatic rings. The first-order valence-corrected chi connectivity index (χ1v) is 8.98. The van der Waals surface area contributed by atoms with Crippen molar-refractivity contribution in [2.24, 2.45) is 4.99 Å². The molecule has 27 heavy (non-hydrogen) atoms. The van der Waals surface area contributed by atoms with Gasteiger partial charge in [0.2, 0.25) is 5.91 Å². The fraction of sp³-hybridized carbons (Fsp3) is 0.350. The largest absolute Gasteiger partial charge is 0.497 e. The molecule has 144 valence electrons. The number of anilines is 1. The van der Waals surface area contributed by atoms with Crippen LogP contribution in [-0.4, -0.2) is 37.1 Å². The summed E-state index contributed by atoms with van der Waals surface area (Å²) in [5.74, 6) is 1.96. The molecular formula is C20H27N5O2. The quantitative estimate of drug-likeness (QED) is 0.491. The zero-order valence-electron chi connectivity index (χ0n) is 16.1. The van der Waals surface area contributed by atoms with Crippen LogP contribution in [0.1, 0.15) is 24.5 Å². The van der Waals surface area contributed by atoms with Crippen molar-refractivity contribution in [3.8, 4) is 5.75 Å². The topological polar surface area (TPSA) is 87.6 Å². The number of methoxy groups -OCH3 is 1. The zero-order valence-corrected chi connectivity index (χ0v) is 16.1. The van der Waals surface area contributed by atoms with Crippen molar-refractivity contribution < 1.29 is 9.53 Å². The van der Waals surface area contributed by atoms with Crippen molar-refractivity contribution in [1.82, 2.24) is 15.6 Å². The van der Waals surface area contributed by atoms with E-state index in [2.05, 4.69) is 25.9 Å². The van der Waals surface area contributed by atoms with Gasteiger partial charge < -0.3 is 20.7 Å². The Bertz CT molecular complexity index is 742. The smallest absolute Gasteiger partial charge is 0.227 e. The van der Waals surface area contributed by atoms with Gasteiger partial charge in [0.1, 0.15) is 11.6 Å². The van der Waals surface area contributed by atoms with E-state index in [4.69, 9.17) is 4.74 Å². The first-order chi connectivity index (χ1) is 13.1. The molecule has 1 heterocycles. The Morgan fingerprint density at radius 3 is 2.56 bits per heavy atom. The Labute approximate surface area is 160 Å². The van der Waals surface area contributed by atoms with Crippen molar-refractivity contribution in [3.63, 3.8) is 0 Å². The van der Waals surface area contributed by atoms with Crippen molar-refractivity contribution in [3.05, 3.63) is 53.7 Å². The van der Waals surface area contributed by atoms with Crippen molar-refractivity contribution >= 4 is 17.7 Å². The molecule has 7 nitrogen and oxygen atoms in total. The minimum atomic E-state index is -0.0927. The van der Waals surface area contributed by atoms with E-state index in [1.54, 1.807) is 19.4 Å². The Kier molecular flexibility index (Phi) is 8.09. The second-order valence-electron chi connectivity index (χ2n) is 5.99. The summed E-state index contributed by atoms with van der Waals surface area (Å²) in [7, 11) is 1.64. The van der Waals surface area contributed by atoms with Gasteiger partial charge in [-0.3, -0.25) is 4.79 Å². The molecule has 0 aliphatic carbocycles. The predicted octanol–water partition coefficient (Wildman–Crippen LogP) is 2.48. The SMILES string of the molecule is CCNC(=NCc1ccc(OC)cc1)NCCC(=O)Nc1ccc(C)cn1. The maximum absolute atomic E-state index is 12.0. The third kappa shape index (κ3) is 7.35. The number of hydrogen-bond donors (Lipinski definition) is 3. The third-order valence-electron chi connectivity index (χ3n) is 3.75. The number of benzene rings is 1. The van der Waals surface area contributed by atoms with Crippen LogP contribution in [0.15, 0.2) is 47.6 Å². The number of nitrogens with zero attached hydrogens (tertiary/aromatic N) is 2. The van der Waals surface area contributed by atoms with Gasteiger partial charge in [-0.15, -0.1) is 0 Å². The van der Waals surface area contributed by atoms with Crippen molar-refractivity contribution in [2.45, 2.75) is 26.8 Å². The van der Waals surface area contributed by atoms with E-state index in [-0.39, 0.29) is 5.91 Å². The average Bonchev–Trinajstić information content (AvgIpc) is 2.68. The van der Waals surface area contributed by atoms with Crippen molar-refractivity contribution in [2.75, 3.05) is 25.5 Å². The average molecular weight is 369 g/mol. The highest BCUT2D eigenvalue weighted by molar-refractivity contribution is 5.90. The first-order valence-electron chi connectivity index (χ1n) is 8.98. The summed E-state index contributed by atoms with van der Waals surface area (Å²) in [6.45, 7) is 5.72. The van der Waals surface area contributed by atoms with E-state index >= 15 is 0 Å². The van der Waals surface area contributed by atoms with E-state index in [9.17, 15) is 4.79 Å². The lowest BCUT2D eigenvalue weighted by molar-refractivity contribution is -0.116. The Morgan fingerprint density at radius 1 is 1.15 bits per heavy atom. The van der Waals surface area contributed by atoms with Gasteiger partial charge in [0.25, 0.3) is 0 Å². The molecule has 7 heteroatoms. The molecule has 1 amide bonds. The normalized spacial score (nSPS) is 11.0. The van der Waals surface area contributed by atoms with Crippen LogP contribution < -0.4 is 20.7 Å². The van der Waals surface area contributed by atoms with Gasteiger partial charge in [-0.05, 0) is 43.2 Å². The summed E-state index contributed by atoms with van der Waals surface area (Å²) in [4.78, 5) is 20.7. The van der Waals surface area contributed by atoms with Gasteiger partial charge in [0.15, 0.2) is 5.96 Å². The highest BCUT2D eigenvalue weighted by Crippen LogP contribution is 2.11. The number of aliphatic imine (C=N–C) groups is 1. The predicted molar refractivity (Wildman–Crippen MR) is 108 cm³/mol. The molecule has 0 fully saturated rings. The number of guanidine groups is 1. The fourth-order valence-corrected chi connectivity index (χ4v) is 2.28. The maximum Gasteiger partial charge on any atom is 0.227 e. The second-order valence-corrected chi connectivity index (χ2v) is 5.99. The van der Waals surface area contributed by atoms with E-state index in [1.165, 1.54) is 0 Å². The Balaban J connectivity index is 1.80. The van der Waals surface area contributed by atoms with Gasteiger partial charge >= 0.3 is 0 Å². The minimum Gasteiger partial charge on any atom is -0.497 e. The zero-order chi connectivity index (χ0) is 19.5. The Morgan fingerprint density at radius 2 is 1.93 bits per heavy atom. The molecule has 0 saturated carbocycles. The van der Waals surface area contributed by atoms with Crippen LogP contribution in [0.5, 0.6) is 5.75 Å². The molecule has 0 saturated heterocycles. The molecule has 1 aromatic carbocycles. The summed E-state index contributed by atoms with van der Waals surface area (Å²) >= 11 is 0. The number of pyridine rings is 1. The number of aromatic nitrogens is 1. The molecule has 0 aliphatic rings.